The number of nitrogens with one attached hydrogen (secondary N) is 2. The van der Waals surface area contributed by atoms with Crippen LogP contribution >= 0.6 is 0 Å². The molecule has 1 heterocycles. The van der Waals surface area contributed by atoms with Gasteiger partial charge < -0.3 is 10.3 Å². The van der Waals surface area contributed by atoms with Crippen LogP contribution in [0.1, 0.15) is 19.8 Å². The zero-order chi connectivity index (χ0) is 13.0. The standard InChI is InChI=1S/C13H17N3O2/c1-2-3-12(16(17)18)9-15-11-4-5-13-10(8-11)6-7-14-13/h4-8,12,14-15H,2-3,9H2,1H3. The predicted octanol–water partition coefficient (Wildman–Crippen LogP) is 3.03. The van der Waals surface area contributed by atoms with Gasteiger partial charge in [-0.2, -0.15) is 0 Å². The Morgan fingerprint density at radius 3 is 3.00 bits per heavy atom. The molecule has 0 saturated carbocycles. The van der Waals surface area contributed by atoms with Crippen molar-refractivity contribution in [2.24, 2.45) is 0 Å². The number of hydrogen-bond donors (Lipinski definition) is 2. The highest BCUT2D eigenvalue weighted by molar-refractivity contribution is 5.82. The number of rotatable bonds is 6. The van der Waals surface area contributed by atoms with Gasteiger partial charge in [0.1, 0.15) is 0 Å². The van der Waals surface area contributed by atoms with Crippen molar-refractivity contribution in [2.75, 3.05) is 11.9 Å². The molecule has 2 rings (SSSR count). The molecule has 96 valence electrons. The van der Waals surface area contributed by atoms with Crippen molar-refractivity contribution in [3.8, 4) is 0 Å². The van der Waals surface area contributed by atoms with E-state index in [-0.39, 0.29) is 4.92 Å². The molecule has 5 heteroatoms. The molecule has 0 saturated heterocycles. The SMILES string of the molecule is CCCC(CNc1ccc2[nH]ccc2c1)[N+](=O)[O-]. The summed E-state index contributed by atoms with van der Waals surface area (Å²) >= 11 is 0. The summed E-state index contributed by atoms with van der Waals surface area (Å²) in [6.07, 6.45) is 3.31. The smallest absolute Gasteiger partial charge is 0.230 e. The average molecular weight is 247 g/mol. The number of nitro groups is 1. The lowest BCUT2D eigenvalue weighted by atomic mass is 10.1. The molecule has 0 fully saturated rings. The van der Waals surface area contributed by atoms with Crippen molar-refractivity contribution < 1.29 is 4.92 Å². The summed E-state index contributed by atoms with van der Waals surface area (Å²) in [6.45, 7) is 2.33. The highest BCUT2D eigenvalue weighted by Gasteiger charge is 2.18. The lowest BCUT2D eigenvalue weighted by molar-refractivity contribution is -0.519. The van der Waals surface area contributed by atoms with E-state index in [0.717, 1.165) is 23.0 Å². The molecule has 2 aromatic rings. The summed E-state index contributed by atoms with van der Waals surface area (Å²) in [6, 6.07) is 7.36. The molecule has 5 nitrogen and oxygen atoms in total. The quantitative estimate of drug-likeness (QED) is 0.608. The zero-order valence-corrected chi connectivity index (χ0v) is 10.3. The van der Waals surface area contributed by atoms with Crippen molar-refractivity contribution in [3.63, 3.8) is 0 Å². The van der Waals surface area contributed by atoms with Gasteiger partial charge in [-0.15, -0.1) is 0 Å². The van der Waals surface area contributed by atoms with Gasteiger partial charge in [0.15, 0.2) is 0 Å². The van der Waals surface area contributed by atoms with E-state index in [0.29, 0.717) is 13.0 Å². The first-order valence-electron chi connectivity index (χ1n) is 6.15. The van der Waals surface area contributed by atoms with Crippen LogP contribution in [0.25, 0.3) is 10.9 Å². The maximum atomic E-state index is 10.8. The zero-order valence-electron chi connectivity index (χ0n) is 10.3. The molecule has 0 aliphatic heterocycles. The fraction of sp³-hybridized carbons (Fsp3) is 0.385. The number of fused-ring (bicyclic) bond motifs is 1. The first kappa shape index (κ1) is 12.4. The van der Waals surface area contributed by atoms with E-state index in [2.05, 4.69) is 10.3 Å². The van der Waals surface area contributed by atoms with Crippen molar-refractivity contribution in [1.29, 1.82) is 0 Å². The third-order valence-corrected chi connectivity index (χ3v) is 3.02. The molecule has 18 heavy (non-hydrogen) atoms. The van der Waals surface area contributed by atoms with Crippen LogP contribution in [0.2, 0.25) is 0 Å². The van der Waals surface area contributed by atoms with Crippen LogP contribution in [0.3, 0.4) is 0 Å². The Hall–Kier alpha value is -2.04. The Balaban J connectivity index is 2.01. The normalized spacial score (nSPS) is 12.5. The van der Waals surface area contributed by atoms with Crippen molar-refractivity contribution >= 4 is 16.6 Å². The molecule has 1 atom stereocenters. The minimum absolute atomic E-state index is 0.203. The van der Waals surface area contributed by atoms with Crippen LogP contribution in [-0.2, 0) is 0 Å². The van der Waals surface area contributed by atoms with E-state index >= 15 is 0 Å². The molecule has 0 spiro atoms. The highest BCUT2D eigenvalue weighted by Crippen LogP contribution is 2.18. The first-order chi connectivity index (χ1) is 8.70. The number of aromatic amines is 1. The lowest BCUT2D eigenvalue weighted by Crippen LogP contribution is -2.28. The predicted molar refractivity (Wildman–Crippen MR) is 72.5 cm³/mol. The molecule has 0 bridgehead atoms. The van der Waals surface area contributed by atoms with Gasteiger partial charge >= 0.3 is 0 Å². The number of hydrogen-bond acceptors (Lipinski definition) is 3. The van der Waals surface area contributed by atoms with Crippen LogP contribution in [-0.4, -0.2) is 22.5 Å². The molecule has 1 aromatic carbocycles. The van der Waals surface area contributed by atoms with Crippen LogP contribution < -0.4 is 5.32 Å². The molecular weight excluding hydrogens is 230 g/mol. The molecule has 1 unspecified atom stereocenters. The van der Waals surface area contributed by atoms with Gasteiger partial charge in [-0.25, -0.2) is 0 Å². The van der Waals surface area contributed by atoms with Crippen LogP contribution in [0.5, 0.6) is 0 Å². The van der Waals surface area contributed by atoms with Gasteiger partial charge in [0.2, 0.25) is 6.04 Å². The van der Waals surface area contributed by atoms with Crippen molar-refractivity contribution in [3.05, 3.63) is 40.6 Å². The maximum absolute atomic E-state index is 10.8. The van der Waals surface area contributed by atoms with Gasteiger partial charge in [-0.05, 0) is 30.7 Å². The van der Waals surface area contributed by atoms with Gasteiger partial charge in [-0.1, -0.05) is 6.92 Å². The van der Waals surface area contributed by atoms with Gasteiger partial charge in [0.25, 0.3) is 0 Å². The van der Waals surface area contributed by atoms with Crippen LogP contribution in [0, 0.1) is 10.1 Å². The van der Waals surface area contributed by atoms with E-state index < -0.39 is 6.04 Å². The summed E-state index contributed by atoms with van der Waals surface area (Å²) in [5.74, 6) is 0. The summed E-state index contributed by atoms with van der Waals surface area (Å²) in [5, 5.41) is 15.1. The number of benzene rings is 1. The monoisotopic (exact) mass is 247 g/mol. The molecule has 0 aliphatic rings. The second-order valence-electron chi connectivity index (χ2n) is 4.39. The summed E-state index contributed by atoms with van der Waals surface area (Å²) in [7, 11) is 0. The van der Waals surface area contributed by atoms with E-state index in [1.807, 2.05) is 37.4 Å². The lowest BCUT2D eigenvalue weighted by Gasteiger charge is -2.10. The second kappa shape index (κ2) is 5.53. The Morgan fingerprint density at radius 1 is 1.44 bits per heavy atom. The summed E-state index contributed by atoms with van der Waals surface area (Å²) in [5.41, 5.74) is 1.99. The Bertz CT molecular complexity index is 536. The molecule has 0 amide bonds. The van der Waals surface area contributed by atoms with Crippen LogP contribution in [0.4, 0.5) is 5.69 Å². The highest BCUT2D eigenvalue weighted by atomic mass is 16.6. The Labute approximate surface area is 105 Å². The maximum Gasteiger partial charge on any atom is 0.230 e. The fourth-order valence-corrected chi connectivity index (χ4v) is 2.01. The summed E-state index contributed by atoms with van der Waals surface area (Å²) < 4.78 is 0. The van der Waals surface area contributed by atoms with E-state index in [1.54, 1.807) is 0 Å². The molecule has 0 aliphatic carbocycles. The third-order valence-electron chi connectivity index (χ3n) is 3.02. The third kappa shape index (κ3) is 2.80. The topological polar surface area (TPSA) is 71.0 Å². The van der Waals surface area contributed by atoms with Gasteiger partial charge in [0.05, 0.1) is 6.54 Å². The van der Waals surface area contributed by atoms with Gasteiger partial charge in [-0.3, -0.25) is 10.1 Å². The van der Waals surface area contributed by atoms with Crippen molar-refractivity contribution in [2.45, 2.75) is 25.8 Å². The largest absolute Gasteiger partial charge is 0.378 e. The van der Waals surface area contributed by atoms with E-state index in [9.17, 15) is 10.1 Å². The fourth-order valence-electron chi connectivity index (χ4n) is 2.01. The second-order valence-corrected chi connectivity index (χ2v) is 4.39. The minimum Gasteiger partial charge on any atom is -0.378 e. The minimum atomic E-state index is -0.517. The number of anilines is 1. The number of aromatic nitrogens is 1. The average Bonchev–Trinajstić information content (AvgIpc) is 2.81. The first-order valence-corrected chi connectivity index (χ1v) is 6.15. The van der Waals surface area contributed by atoms with E-state index in [4.69, 9.17) is 0 Å². The molecule has 2 N–H and O–H groups in total. The Kier molecular flexibility index (Phi) is 3.82. The van der Waals surface area contributed by atoms with E-state index in [1.165, 1.54) is 0 Å². The number of H-pyrrole nitrogens is 1. The number of nitrogens with zero attached hydrogens (tertiary/aromatic N) is 1. The van der Waals surface area contributed by atoms with Crippen molar-refractivity contribution in [1.82, 2.24) is 4.98 Å². The Morgan fingerprint density at radius 2 is 2.28 bits per heavy atom. The van der Waals surface area contributed by atoms with Crippen LogP contribution in [0.15, 0.2) is 30.5 Å². The molecule has 0 radical (unpaired) electrons. The van der Waals surface area contributed by atoms with Gasteiger partial charge in [0, 0.05) is 34.1 Å². The molecular formula is C13H17N3O2. The summed E-state index contributed by atoms with van der Waals surface area (Å²) in [4.78, 5) is 13.8. The molecule has 1 aromatic heterocycles.